The van der Waals surface area contributed by atoms with Crippen LogP contribution in [0.1, 0.15) is 55.0 Å². The molecule has 0 radical (unpaired) electrons. The van der Waals surface area contributed by atoms with Crippen LogP contribution in [0.5, 0.6) is 0 Å². The number of aromatic nitrogens is 1. The monoisotopic (exact) mass is 461 g/mol. The number of hydrogen-bond acceptors (Lipinski definition) is 4. The highest BCUT2D eigenvalue weighted by molar-refractivity contribution is 5.83. The van der Waals surface area contributed by atoms with Gasteiger partial charge in [-0.25, -0.2) is 0 Å². The molecule has 1 amide bonds. The van der Waals surface area contributed by atoms with Crippen LogP contribution >= 0.6 is 0 Å². The number of pyridine rings is 1. The fourth-order valence-electron chi connectivity index (χ4n) is 7.38. The van der Waals surface area contributed by atoms with Gasteiger partial charge in [0.1, 0.15) is 0 Å². The fourth-order valence-corrected chi connectivity index (χ4v) is 7.38. The maximum absolute atomic E-state index is 13.9. The molecule has 6 nitrogen and oxygen atoms in total. The SMILES string of the molecule is O=C(NC1Cc2ccccc2C1)[C@H]1[C@H](CO)[C@H]2Cn3c(cccc3=O)[C@H]2N1CC1CCCCC1. The maximum atomic E-state index is 13.9. The summed E-state index contributed by atoms with van der Waals surface area (Å²) in [4.78, 5) is 28.8. The van der Waals surface area contributed by atoms with E-state index in [4.69, 9.17) is 0 Å². The first-order chi connectivity index (χ1) is 16.6. The molecule has 6 rings (SSSR count). The smallest absolute Gasteiger partial charge is 0.250 e. The molecule has 0 spiro atoms. The van der Waals surface area contributed by atoms with Crippen molar-refractivity contribution in [3.05, 3.63) is 69.6 Å². The lowest BCUT2D eigenvalue weighted by molar-refractivity contribution is -0.128. The molecular formula is C28H35N3O3. The van der Waals surface area contributed by atoms with Gasteiger partial charge >= 0.3 is 0 Å². The molecule has 3 heterocycles. The molecule has 1 saturated carbocycles. The topological polar surface area (TPSA) is 74.6 Å². The maximum Gasteiger partial charge on any atom is 0.250 e. The molecule has 2 aliphatic heterocycles. The molecule has 0 unspecified atom stereocenters. The number of likely N-dealkylation sites (tertiary alicyclic amines) is 1. The average molecular weight is 462 g/mol. The molecule has 2 N–H and O–H groups in total. The number of nitrogens with one attached hydrogen (secondary N) is 1. The molecule has 0 bridgehead atoms. The first kappa shape index (κ1) is 22.1. The Bertz CT molecular complexity index is 1100. The summed E-state index contributed by atoms with van der Waals surface area (Å²) < 4.78 is 1.87. The Morgan fingerprint density at radius 3 is 2.44 bits per heavy atom. The largest absolute Gasteiger partial charge is 0.396 e. The number of amides is 1. The van der Waals surface area contributed by atoms with Crippen LogP contribution in [0.3, 0.4) is 0 Å². The van der Waals surface area contributed by atoms with Crippen molar-refractivity contribution in [2.24, 2.45) is 17.8 Å². The lowest BCUT2D eigenvalue weighted by Gasteiger charge is -2.35. The highest BCUT2D eigenvalue weighted by Crippen LogP contribution is 2.49. The summed E-state index contributed by atoms with van der Waals surface area (Å²) in [7, 11) is 0. The van der Waals surface area contributed by atoms with Crippen LogP contribution in [0.4, 0.5) is 0 Å². The molecule has 2 aliphatic carbocycles. The van der Waals surface area contributed by atoms with E-state index in [2.05, 4.69) is 34.5 Å². The third kappa shape index (κ3) is 3.72. The van der Waals surface area contributed by atoms with Crippen molar-refractivity contribution in [3.8, 4) is 0 Å². The Morgan fingerprint density at radius 1 is 1.00 bits per heavy atom. The molecule has 6 heteroatoms. The van der Waals surface area contributed by atoms with Crippen LogP contribution in [0.25, 0.3) is 0 Å². The third-order valence-corrected chi connectivity index (χ3v) is 8.93. The lowest BCUT2D eigenvalue weighted by atomic mass is 9.88. The minimum Gasteiger partial charge on any atom is -0.396 e. The van der Waals surface area contributed by atoms with E-state index in [-0.39, 0.29) is 48.0 Å². The van der Waals surface area contributed by atoms with Crippen molar-refractivity contribution < 1.29 is 9.90 Å². The number of carbonyl (C=O) groups excluding carboxylic acids is 1. The predicted molar refractivity (Wildman–Crippen MR) is 130 cm³/mol. The zero-order valence-corrected chi connectivity index (χ0v) is 19.7. The Morgan fingerprint density at radius 2 is 1.74 bits per heavy atom. The zero-order chi connectivity index (χ0) is 23.2. The highest BCUT2D eigenvalue weighted by atomic mass is 16.3. The normalized spacial score (nSPS) is 29.1. The second-order valence-electron chi connectivity index (χ2n) is 10.9. The van der Waals surface area contributed by atoms with Gasteiger partial charge in [-0.15, -0.1) is 0 Å². The van der Waals surface area contributed by atoms with Gasteiger partial charge in [0.15, 0.2) is 0 Å². The number of benzene rings is 1. The number of fused-ring (bicyclic) bond motifs is 4. The first-order valence-electron chi connectivity index (χ1n) is 13.1. The molecule has 1 saturated heterocycles. The van der Waals surface area contributed by atoms with Crippen molar-refractivity contribution in [1.29, 1.82) is 0 Å². The summed E-state index contributed by atoms with van der Waals surface area (Å²) in [5.74, 6) is 0.533. The van der Waals surface area contributed by atoms with E-state index >= 15 is 0 Å². The van der Waals surface area contributed by atoms with Gasteiger partial charge < -0.3 is 15.0 Å². The summed E-state index contributed by atoms with van der Waals surface area (Å²) in [5.41, 5.74) is 3.67. The van der Waals surface area contributed by atoms with E-state index in [1.165, 1.54) is 43.2 Å². The van der Waals surface area contributed by atoms with E-state index in [0.29, 0.717) is 12.5 Å². The Hall–Kier alpha value is -2.44. The molecule has 34 heavy (non-hydrogen) atoms. The van der Waals surface area contributed by atoms with Gasteiger partial charge in [-0.3, -0.25) is 14.5 Å². The average Bonchev–Trinajstić information content (AvgIpc) is 3.51. The highest BCUT2D eigenvalue weighted by Gasteiger charge is 2.55. The van der Waals surface area contributed by atoms with Crippen LogP contribution < -0.4 is 10.9 Å². The van der Waals surface area contributed by atoms with Gasteiger partial charge in [0.2, 0.25) is 5.91 Å². The number of nitrogens with zero attached hydrogens (tertiary/aromatic N) is 2. The van der Waals surface area contributed by atoms with E-state index in [1.54, 1.807) is 6.07 Å². The Kier molecular flexibility index (Phi) is 5.82. The Labute approximate surface area is 201 Å². The third-order valence-electron chi connectivity index (χ3n) is 8.93. The fraction of sp³-hybridized carbons (Fsp3) is 0.571. The summed E-state index contributed by atoms with van der Waals surface area (Å²) in [6, 6.07) is 13.7. The minimum absolute atomic E-state index is 0.0181. The van der Waals surface area contributed by atoms with Crippen LogP contribution in [0.2, 0.25) is 0 Å². The molecule has 2 fully saturated rings. The van der Waals surface area contributed by atoms with Gasteiger partial charge in [-0.2, -0.15) is 0 Å². The summed E-state index contributed by atoms with van der Waals surface area (Å²) in [6.45, 7) is 1.42. The lowest BCUT2D eigenvalue weighted by Crippen LogP contribution is -2.52. The molecular weight excluding hydrogens is 426 g/mol. The molecule has 4 aliphatic rings. The molecule has 1 aromatic carbocycles. The van der Waals surface area contributed by atoms with Crippen LogP contribution in [0, 0.1) is 17.8 Å². The number of aliphatic hydroxyl groups excluding tert-OH is 1. The van der Waals surface area contributed by atoms with Gasteiger partial charge in [-0.05, 0) is 48.8 Å². The van der Waals surface area contributed by atoms with Crippen molar-refractivity contribution in [1.82, 2.24) is 14.8 Å². The summed E-state index contributed by atoms with van der Waals surface area (Å²) in [6.07, 6.45) is 7.94. The van der Waals surface area contributed by atoms with Gasteiger partial charge in [0, 0.05) is 49.3 Å². The molecule has 4 atom stereocenters. The van der Waals surface area contributed by atoms with Crippen molar-refractivity contribution in [3.63, 3.8) is 0 Å². The van der Waals surface area contributed by atoms with Gasteiger partial charge in [-0.1, -0.05) is 49.6 Å². The Balaban J connectivity index is 1.29. The van der Waals surface area contributed by atoms with Gasteiger partial charge in [0.25, 0.3) is 5.56 Å². The van der Waals surface area contributed by atoms with E-state index in [0.717, 1.165) is 25.1 Å². The van der Waals surface area contributed by atoms with Crippen molar-refractivity contribution >= 4 is 5.91 Å². The van der Waals surface area contributed by atoms with E-state index in [9.17, 15) is 14.7 Å². The van der Waals surface area contributed by atoms with Gasteiger partial charge in [0.05, 0.1) is 12.1 Å². The summed E-state index contributed by atoms with van der Waals surface area (Å²) in [5, 5.41) is 13.9. The quantitative estimate of drug-likeness (QED) is 0.718. The first-order valence-corrected chi connectivity index (χ1v) is 13.1. The molecule has 2 aromatic rings. The second kappa shape index (κ2) is 8.97. The number of rotatable bonds is 5. The van der Waals surface area contributed by atoms with E-state index in [1.807, 2.05) is 16.7 Å². The number of carbonyl (C=O) groups is 1. The zero-order valence-electron chi connectivity index (χ0n) is 19.7. The standard InChI is InChI=1S/C28H35N3O3/c32-17-23-22-16-30-24(11-6-12-25(30)33)26(22)31(15-18-7-2-1-3-8-18)27(23)28(34)29-21-13-19-9-4-5-10-20(19)14-21/h4-6,9-12,18,21-23,26-27,32H,1-3,7-8,13-17H2,(H,29,34)/t22-,23-,26+,27-/m1/s1. The molecule has 180 valence electrons. The molecule has 1 aromatic heterocycles. The van der Waals surface area contributed by atoms with E-state index < -0.39 is 0 Å². The summed E-state index contributed by atoms with van der Waals surface area (Å²) >= 11 is 0. The van der Waals surface area contributed by atoms with Crippen LogP contribution in [0.15, 0.2) is 47.3 Å². The van der Waals surface area contributed by atoms with Crippen molar-refractivity contribution in [2.45, 2.75) is 69.6 Å². The van der Waals surface area contributed by atoms with Crippen LogP contribution in [-0.2, 0) is 24.2 Å². The van der Waals surface area contributed by atoms with Crippen molar-refractivity contribution in [2.75, 3.05) is 13.2 Å². The number of hydrogen-bond donors (Lipinski definition) is 2. The predicted octanol–water partition coefficient (Wildman–Crippen LogP) is 2.68. The minimum atomic E-state index is -0.352. The number of aliphatic hydroxyl groups is 1. The second-order valence-corrected chi connectivity index (χ2v) is 10.9. The van der Waals surface area contributed by atoms with Crippen LogP contribution in [-0.4, -0.2) is 45.7 Å².